The van der Waals surface area contributed by atoms with Crippen LogP contribution in [-0.2, 0) is 24.2 Å². The highest BCUT2D eigenvalue weighted by atomic mass is 32.1. The van der Waals surface area contributed by atoms with Gasteiger partial charge in [0, 0.05) is 37.0 Å². The van der Waals surface area contributed by atoms with E-state index in [1.165, 1.54) is 16.2 Å². The molecule has 1 aliphatic rings. The van der Waals surface area contributed by atoms with Crippen LogP contribution >= 0.6 is 11.3 Å². The Hall–Kier alpha value is -2.28. The molecule has 0 saturated heterocycles. The quantitative estimate of drug-likeness (QED) is 0.889. The smallest absolute Gasteiger partial charge is 0.263 e. The predicted octanol–water partition coefficient (Wildman–Crippen LogP) is 3.15. The molecule has 0 bridgehead atoms. The zero-order valence-corrected chi connectivity index (χ0v) is 15.5. The fourth-order valence-corrected chi connectivity index (χ4v) is 4.31. The highest BCUT2D eigenvalue weighted by Gasteiger charge is 2.27. The van der Waals surface area contributed by atoms with Gasteiger partial charge in [0.15, 0.2) is 0 Å². The van der Waals surface area contributed by atoms with E-state index in [0.717, 1.165) is 35.1 Å². The van der Waals surface area contributed by atoms with Gasteiger partial charge in [0.25, 0.3) is 5.91 Å². The lowest BCUT2D eigenvalue weighted by molar-refractivity contribution is -0.125. The highest BCUT2D eigenvalue weighted by Crippen LogP contribution is 2.33. The molecule has 0 unspecified atom stereocenters. The molecule has 1 aliphatic carbocycles. The van der Waals surface area contributed by atoms with Crippen molar-refractivity contribution in [2.75, 3.05) is 14.1 Å². The first-order valence-electron chi connectivity index (χ1n) is 8.40. The van der Waals surface area contributed by atoms with Crippen LogP contribution in [0.15, 0.2) is 24.3 Å². The third kappa shape index (κ3) is 3.93. The Balaban J connectivity index is 1.64. The van der Waals surface area contributed by atoms with E-state index in [4.69, 9.17) is 0 Å². The normalized spacial score (nSPS) is 16.1. The maximum absolute atomic E-state index is 13.7. The number of hydrogen-bond donors (Lipinski definition) is 1. The van der Waals surface area contributed by atoms with Crippen LogP contribution in [0.25, 0.3) is 0 Å². The standard InChI is InChI=1S/C19H20F2N2O2S/c1-23(2)19(25)17-9-12-7-11(3-6-16(12)26-17)18(24)22-10-13-8-14(20)4-5-15(13)21/h4-5,8-9,11H,3,6-7,10H2,1-2H3,(H,22,24)/t11-/m1/s1. The Bertz CT molecular complexity index is 848. The van der Waals surface area contributed by atoms with E-state index in [2.05, 4.69) is 5.32 Å². The molecule has 0 spiro atoms. The second-order valence-corrected chi connectivity index (χ2v) is 7.79. The van der Waals surface area contributed by atoms with Crippen LogP contribution in [-0.4, -0.2) is 30.8 Å². The van der Waals surface area contributed by atoms with Gasteiger partial charge in [-0.05, 0) is 49.1 Å². The molecule has 1 N–H and O–H groups in total. The van der Waals surface area contributed by atoms with Gasteiger partial charge in [0.2, 0.25) is 5.91 Å². The van der Waals surface area contributed by atoms with Crippen molar-refractivity contribution >= 4 is 23.2 Å². The van der Waals surface area contributed by atoms with Gasteiger partial charge >= 0.3 is 0 Å². The summed E-state index contributed by atoms with van der Waals surface area (Å²) >= 11 is 1.49. The van der Waals surface area contributed by atoms with E-state index < -0.39 is 11.6 Å². The summed E-state index contributed by atoms with van der Waals surface area (Å²) in [7, 11) is 3.42. The summed E-state index contributed by atoms with van der Waals surface area (Å²) < 4.78 is 26.9. The number of carbonyl (C=O) groups is 2. The van der Waals surface area contributed by atoms with Crippen LogP contribution in [0.1, 0.15) is 32.1 Å². The molecule has 138 valence electrons. The zero-order valence-electron chi connectivity index (χ0n) is 14.6. The van der Waals surface area contributed by atoms with Gasteiger partial charge < -0.3 is 10.2 Å². The van der Waals surface area contributed by atoms with Crippen LogP contribution in [0.2, 0.25) is 0 Å². The lowest BCUT2D eigenvalue weighted by Crippen LogP contribution is -2.33. The van der Waals surface area contributed by atoms with Crippen molar-refractivity contribution < 1.29 is 18.4 Å². The minimum atomic E-state index is -0.540. The third-order valence-corrected chi connectivity index (χ3v) is 5.76. The van der Waals surface area contributed by atoms with Crippen molar-refractivity contribution in [2.45, 2.75) is 25.8 Å². The van der Waals surface area contributed by atoms with Crippen molar-refractivity contribution in [1.82, 2.24) is 10.2 Å². The minimum Gasteiger partial charge on any atom is -0.352 e. The summed E-state index contributed by atoms with van der Waals surface area (Å²) in [5, 5.41) is 2.70. The molecule has 0 radical (unpaired) electrons. The average molecular weight is 378 g/mol. The Labute approximate surface area is 154 Å². The number of halogens is 2. The summed E-state index contributed by atoms with van der Waals surface area (Å²) in [6.07, 6.45) is 1.98. The molecule has 0 saturated carbocycles. The lowest BCUT2D eigenvalue weighted by Gasteiger charge is -2.21. The van der Waals surface area contributed by atoms with Gasteiger partial charge in [0.1, 0.15) is 11.6 Å². The van der Waals surface area contributed by atoms with Crippen LogP contribution in [0.5, 0.6) is 0 Å². The van der Waals surface area contributed by atoms with E-state index in [1.807, 2.05) is 6.07 Å². The maximum atomic E-state index is 13.7. The number of nitrogens with zero attached hydrogens (tertiary/aromatic N) is 1. The number of amides is 2. The van der Waals surface area contributed by atoms with Gasteiger partial charge in [-0.1, -0.05) is 0 Å². The maximum Gasteiger partial charge on any atom is 0.263 e. The molecule has 7 heteroatoms. The molecule has 26 heavy (non-hydrogen) atoms. The van der Waals surface area contributed by atoms with E-state index in [1.54, 1.807) is 14.1 Å². The molecule has 2 amide bonds. The molecule has 1 aromatic heterocycles. The number of carbonyl (C=O) groups excluding carboxylic acids is 2. The summed E-state index contributed by atoms with van der Waals surface area (Å²) in [5.41, 5.74) is 1.16. The number of hydrogen-bond acceptors (Lipinski definition) is 3. The first-order valence-corrected chi connectivity index (χ1v) is 9.21. The van der Waals surface area contributed by atoms with Crippen molar-refractivity contribution in [3.05, 3.63) is 56.8 Å². The minimum absolute atomic E-state index is 0.0352. The molecule has 0 fully saturated rings. The number of rotatable bonds is 4. The topological polar surface area (TPSA) is 49.4 Å². The average Bonchev–Trinajstić information content (AvgIpc) is 3.04. The molecule has 2 aromatic rings. The number of fused-ring (bicyclic) bond motifs is 1. The molecule has 1 aromatic carbocycles. The number of benzene rings is 1. The fraction of sp³-hybridized carbons (Fsp3) is 0.368. The van der Waals surface area contributed by atoms with E-state index >= 15 is 0 Å². The molecule has 1 heterocycles. The first-order chi connectivity index (χ1) is 12.3. The zero-order chi connectivity index (χ0) is 18.8. The highest BCUT2D eigenvalue weighted by molar-refractivity contribution is 7.14. The van der Waals surface area contributed by atoms with Gasteiger partial charge in [0.05, 0.1) is 4.88 Å². The Morgan fingerprint density at radius 3 is 2.77 bits per heavy atom. The van der Waals surface area contributed by atoms with Gasteiger partial charge in [-0.2, -0.15) is 0 Å². The predicted molar refractivity (Wildman–Crippen MR) is 96.1 cm³/mol. The Morgan fingerprint density at radius 1 is 1.27 bits per heavy atom. The van der Waals surface area contributed by atoms with Crippen LogP contribution in [0.3, 0.4) is 0 Å². The summed E-state index contributed by atoms with van der Waals surface area (Å²) in [6.45, 7) is -0.0419. The molecule has 3 rings (SSSR count). The fourth-order valence-electron chi connectivity index (χ4n) is 3.08. The summed E-state index contributed by atoms with van der Waals surface area (Å²) in [4.78, 5) is 27.9. The SMILES string of the molecule is CN(C)C(=O)c1cc2c(s1)CC[C@@H](C(=O)NCc1cc(F)ccc1F)C2. The van der Waals surface area contributed by atoms with E-state index in [-0.39, 0.29) is 29.8 Å². The second kappa shape index (κ2) is 7.53. The van der Waals surface area contributed by atoms with Crippen LogP contribution in [0, 0.1) is 17.6 Å². The van der Waals surface area contributed by atoms with Crippen molar-refractivity contribution in [3.63, 3.8) is 0 Å². The number of nitrogens with one attached hydrogen (secondary N) is 1. The summed E-state index contributed by atoms with van der Waals surface area (Å²) in [5.74, 6) is -1.51. The lowest BCUT2D eigenvalue weighted by atomic mass is 9.87. The van der Waals surface area contributed by atoms with Crippen LogP contribution < -0.4 is 5.32 Å². The second-order valence-electron chi connectivity index (χ2n) is 6.65. The summed E-state index contributed by atoms with van der Waals surface area (Å²) in [6, 6.07) is 5.06. The van der Waals surface area contributed by atoms with Gasteiger partial charge in [-0.3, -0.25) is 9.59 Å². The van der Waals surface area contributed by atoms with Gasteiger partial charge in [-0.15, -0.1) is 11.3 Å². The van der Waals surface area contributed by atoms with Crippen LogP contribution in [0.4, 0.5) is 8.78 Å². The number of thiophene rings is 1. The monoisotopic (exact) mass is 378 g/mol. The van der Waals surface area contributed by atoms with Crippen molar-refractivity contribution in [1.29, 1.82) is 0 Å². The Kier molecular flexibility index (Phi) is 5.36. The molecule has 0 aliphatic heterocycles. The number of aryl methyl sites for hydroxylation is 1. The van der Waals surface area contributed by atoms with Crippen molar-refractivity contribution in [3.8, 4) is 0 Å². The van der Waals surface area contributed by atoms with E-state index in [9.17, 15) is 18.4 Å². The molecular formula is C19H20F2N2O2S. The molecule has 1 atom stereocenters. The third-order valence-electron chi connectivity index (χ3n) is 4.53. The Morgan fingerprint density at radius 2 is 2.04 bits per heavy atom. The first kappa shape index (κ1) is 18.5. The van der Waals surface area contributed by atoms with Crippen molar-refractivity contribution in [2.24, 2.45) is 5.92 Å². The molecular weight excluding hydrogens is 358 g/mol. The van der Waals surface area contributed by atoms with Gasteiger partial charge in [-0.25, -0.2) is 8.78 Å². The van der Waals surface area contributed by atoms with E-state index in [0.29, 0.717) is 17.7 Å². The largest absolute Gasteiger partial charge is 0.352 e. The molecule has 4 nitrogen and oxygen atoms in total.